The minimum absolute atomic E-state index is 0.0935. The molecule has 8 nitrogen and oxygen atoms in total. The highest BCUT2D eigenvalue weighted by Crippen LogP contribution is 2.23. The molecule has 2 atom stereocenters. The lowest BCUT2D eigenvalue weighted by molar-refractivity contribution is -0.145. The normalized spacial score (nSPS) is 21.7. The summed E-state index contributed by atoms with van der Waals surface area (Å²) in [7, 11) is 1.26. The second-order valence-electron chi connectivity index (χ2n) is 4.85. The number of amides is 1. The van der Waals surface area contributed by atoms with E-state index in [0.29, 0.717) is 11.1 Å². The predicted octanol–water partition coefficient (Wildman–Crippen LogP) is -0.522. The fraction of sp³-hybridized carbons (Fsp3) is 0.385. The highest BCUT2D eigenvalue weighted by Gasteiger charge is 2.40. The van der Waals surface area contributed by atoms with Gasteiger partial charge in [0.2, 0.25) is 0 Å². The Labute approximate surface area is 119 Å². The number of likely N-dealkylation sites (tertiary alicyclic amines) is 1. The van der Waals surface area contributed by atoms with Gasteiger partial charge in [-0.15, -0.1) is 0 Å². The lowest BCUT2D eigenvalue weighted by Crippen LogP contribution is -2.41. The lowest BCUT2D eigenvalue weighted by atomic mass is 10.2. The van der Waals surface area contributed by atoms with Gasteiger partial charge in [-0.2, -0.15) is 5.10 Å². The van der Waals surface area contributed by atoms with Crippen molar-refractivity contribution in [1.29, 1.82) is 0 Å². The molecule has 3 heterocycles. The number of rotatable bonds is 2. The number of aromatic nitrogens is 3. The van der Waals surface area contributed by atoms with E-state index in [2.05, 4.69) is 10.1 Å². The molecule has 0 aromatic carbocycles. The number of nitrogens with zero attached hydrogens (tertiary/aromatic N) is 4. The van der Waals surface area contributed by atoms with Crippen LogP contribution in [0.4, 0.5) is 0 Å². The Hall–Kier alpha value is -2.48. The number of carbonyl (C=O) groups is 2. The molecular weight excluding hydrogens is 276 g/mol. The Bertz CT molecular complexity index is 698. The average Bonchev–Trinajstić information content (AvgIpc) is 3.09. The van der Waals surface area contributed by atoms with Crippen LogP contribution in [0.2, 0.25) is 0 Å². The molecule has 0 bridgehead atoms. The Kier molecular flexibility index (Phi) is 3.30. The molecule has 0 saturated carbocycles. The van der Waals surface area contributed by atoms with Gasteiger partial charge in [0.1, 0.15) is 6.04 Å². The largest absolute Gasteiger partial charge is 0.467 e. The topological polar surface area (TPSA) is 97.0 Å². The molecule has 110 valence electrons. The summed E-state index contributed by atoms with van der Waals surface area (Å²) in [4.78, 5) is 29.7. The molecule has 1 saturated heterocycles. The van der Waals surface area contributed by atoms with Crippen LogP contribution in [0.3, 0.4) is 0 Å². The quantitative estimate of drug-likeness (QED) is 0.747. The number of aliphatic hydroxyl groups excluding tert-OH is 1. The summed E-state index contributed by atoms with van der Waals surface area (Å²) in [5, 5.41) is 13.8. The molecule has 1 N–H and O–H groups in total. The summed E-state index contributed by atoms with van der Waals surface area (Å²) in [6.07, 6.45) is 5.58. The van der Waals surface area contributed by atoms with Gasteiger partial charge < -0.3 is 14.7 Å². The van der Waals surface area contributed by atoms with Crippen molar-refractivity contribution in [2.75, 3.05) is 13.7 Å². The summed E-state index contributed by atoms with van der Waals surface area (Å²) in [5.41, 5.74) is 0.888. The van der Waals surface area contributed by atoms with Crippen LogP contribution in [-0.2, 0) is 9.53 Å². The molecule has 1 aliphatic rings. The minimum atomic E-state index is -0.774. The molecule has 1 aliphatic heterocycles. The number of esters is 1. The van der Waals surface area contributed by atoms with Crippen LogP contribution in [0.1, 0.15) is 16.8 Å². The zero-order valence-corrected chi connectivity index (χ0v) is 11.3. The molecule has 0 radical (unpaired) electrons. The fourth-order valence-electron chi connectivity index (χ4n) is 2.55. The molecule has 2 unspecified atom stereocenters. The zero-order valence-electron chi connectivity index (χ0n) is 11.3. The molecule has 2 aromatic heterocycles. The van der Waals surface area contributed by atoms with E-state index in [1.54, 1.807) is 12.4 Å². The third-order valence-electron chi connectivity index (χ3n) is 3.57. The van der Waals surface area contributed by atoms with Crippen LogP contribution in [0, 0.1) is 0 Å². The second kappa shape index (κ2) is 5.13. The van der Waals surface area contributed by atoms with Crippen LogP contribution >= 0.6 is 0 Å². The van der Waals surface area contributed by atoms with Crippen LogP contribution in [0.5, 0.6) is 0 Å². The lowest BCUT2D eigenvalue weighted by Gasteiger charge is -2.21. The van der Waals surface area contributed by atoms with Crippen LogP contribution in [0.25, 0.3) is 5.52 Å². The van der Waals surface area contributed by atoms with E-state index in [4.69, 9.17) is 4.74 Å². The van der Waals surface area contributed by atoms with Crippen molar-refractivity contribution >= 4 is 17.4 Å². The van der Waals surface area contributed by atoms with Gasteiger partial charge in [0.15, 0.2) is 0 Å². The summed E-state index contributed by atoms with van der Waals surface area (Å²) in [5.74, 6) is -0.903. The third-order valence-corrected chi connectivity index (χ3v) is 3.57. The molecule has 0 spiro atoms. The van der Waals surface area contributed by atoms with Gasteiger partial charge in [0.25, 0.3) is 5.91 Å². The third kappa shape index (κ3) is 2.23. The molecule has 3 rings (SSSR count). The predicted molar refractivity (Wildman–Crippen MR) is 70.5 cm³/mol. The maximum atomic E-state index is 12.6. The number of hydrogen-bond donors (Lipinski definition) is 1. The van der Waals surface area contributed by atoms with Gasteiger partial charge in [0.05, 0.1) is 36.7 Å². The molecule has 21 heavy (non-hydrogen) atoms. The first-order chi connectivity index (χ1) is 10.1. The van der Waals surface area contributed by atoms with Gasteiger partial charge in [0, 0.05) is 25.4 Å². The first-order valence-corrected chi connectivity index (χ1v) is 6.46. The number of ether oxygens (including phenoxy) is 1. The smallest absolute Gasteiger partial charge is 0.328 e. The Morgan fingerprint density at radius 3 is 3.00 bits per heavy atom. The van der Waals surface area contributed by atoms with Crippen molar-refractivity contribution < 1.29 is 19.4 Å². The highest BCUT2D eigenvalue weighted by molar-refractivity contribution is 6.02. The monoisotopic (exact) mass is 290 g/mol. The zero-order chi connectivity index (χ0) is 15.0. The first kappa shape index (κ1) is 13.5. The number of hydrogen-bond acceptors (Lipinski definition) is 6. The van der Waals surface area contributed by atoms with Gasteiger partial charge in [-0.1, -0.05) is 0 Å². The van der Waals surface area contributed by atoms with E-state index in [-0.39, 0.29) is 18.9 Å². The minimum Gasteiger partial charge on any atom is -0.467 e. The van der Waals surface area contributed by atoms with Crippen LogP contribution in [-0.4, -0.2) is 62.3 Å². The first-order valence-electron chi connectivity index (χ1n) is 6.46. The maximum absolute atomic E-state index is 12.6. The number of carbonyl (C=O) groups excluding carboxylic acids is 2. The Morgan fingerprint density at radius 2 is 2.24 bits per heavy atom. The van der Waals surface area contributed by atoms with Gasteiger partial charge in [-0.05, 0) is 0 Å². The van der Waals surface area contributed by atoms with Crippen molar-refractivity contribution in [3.63, 3.8) is 0 Å². The van der Waals surface area contributed by atoms with Crippen molar-refractivity contribution in [1.82, 2.24) is 19.5 Å². The Morgan fingerprint density at radius 1 is 1.43 bits per heavy atom. The van der Waals surface area contributed by atoms with E-state index in [1.165, 1.54) is 28.9 Å². The molecule has 0 aliphatic carbocycles. The number of methoxy groups -OCH3 is 1. The van der Waals surface area contributed by atoms with E-state index >= 15 is 0 Å². The van der Waals surface area contributed by atoms with Crippen molar-refractivity contribution in [3.05, 3.63) is 30.4 Å². The van der Waals surface area contributed by atoms with Crippen LogP contribution in [0.15, 0.2) is 24.8 Å². The molecule has 1 amide bonds. The SMILES string of the molecule is COC(=O)C1CC(O)CN1C(=O)c1cnn2ccncc12. The standard InChI is InChI=1S/C13H14N4O4/c1-21-13(20)10-4-8(18)7-16(10)12(19)9-5-15-17-3-2-14-6-11(9)17/h2-3,5-6,8,10,18H,4,7H2,1H3. The Balaban J connectivity index is 1.95. The summed E-state index contributed by atoms with van der Waals surface area (Å²) < 4.78 is 6.22. The van der Waals surface area contributed by atoms with Crippen LogP contribution < -0.4 is 0 Å². The second-order valence-corrected chi connectivity index (χ2v) is 4.85. The maximum Gasteiger partial charge on any atom is 0.328 e. The van der Waals surface area contributed by atoms with E-state index in [9.17, 15) is 14.7 Å². The number of β-amino-alcohol motifs (C(OH)–C–C–N with tert-alkyl or cyclic N) is 1. The van der Waals surface area contributed by atoms with E-state index < -0.39 is 18.1 Å². The number of fused-ring (bicyclic) bond motifs is 1. The summed E-state index contributed by atoms with van der Waals surface area (Å²) in [6, 6.07) is -0.774. The van der Waals surface area contributed by atoms with E-state index in [0.717, 1.165) is 0 Å². The molecule has 2 aromatic rings. The summed E-state index contributed by atoms with van der Waals surface area (Å²) in [6.45, 7) is 0.0935. The average molecular weight is 290 g/mol. The van der Waals surface area contributed by atoms with E-state index in [1.807, 2.05) is 0 Å². The van der Waals surface area contributed by atoms with Crippen molar-refractivity contribution in [2.45, 2.75) is 18.6 Å². The molecular formula is C13H14N4O4. The molecule has 1 fully saturated rings. The molecule has 8 heteroatoms. The summed E-state index contributed by atoms with van der Waals surface area (Å²) >= 11 is 0. The highest BCUT2D eigenvalue weighted by atomic mass is 16.5. The van der Waals surface area contributed by atoms with Gasteiger partial charge in [-0.3, -0.25) is 9.78 Å². The van der Waals surface area contributed by atoms with Crippen molar-refractivity contribution in [2.24, 2.45) is 0 Å². The number of aliphatic hydroxyl groups is 1. The van der Waals surface area contributed by atoms with Crippen molar-refractivity contribution in [3.8, 4) is 0 Å². The van der Waals surface area contributed by atoms with Gasteiger partial charge in [-0.25, -0.2) is 9.31 Å². The fourth-order valence-corrected chi connectivity index (χ4v) is 2.55. The van der Waals surface area contributed by atoms with Gasteiger partial charge >= 0.3 is 5.97 Å².